The number of hydrogen-bond donors (Lipinski definition) is 2. The molecule has 1 aromatic carbocycles. The van der Waals surface area contributed by atoms with Crippen LogP contribution >= 0.6 is 0 Å². The van der Waals surface area contributed by atoms with Crippen molar-refractivity contribution < 1.29 is 27.8 Å². The maximum Gasteiger partial charge on any atom is 0.330 e. The van der Waals surface area contributed by atoms with E-state index in [9.17, 15) is 27.9 Å². The summed E-state index contributed by atoms with van der Waals surface area (Å²) in [6.07, 6.45) is 0.240. The average molecular weight is 483 g/mol. The van der Waals surface area contributed by atoms with Gasteiger partial charge in [0.1, 0.15) is 24.7 Å². The molecule has 10 nitrogen and oxygen atoms in total. The number of nitrogens with one attached hydrogen (secondary N) is 1. The van der Waals surface area contributed by atoms with Gasteiger partial charge in [0.15, 0.2) is 0 Å². The first-order valence-corrected chi connectivity index (χ1v) is 10.4. The van der Waals surface area contributed by atoms with E-state index in [0.29, 0.717) is 24.1 Å². The van der Waals surface area contributed by atoms with Crippen LogP contribution in [0.5, 0.6) is 5.75 Å². The summed E-state index contributed by atoms with van der Waals surface area (Å²) in [6.45, 7) is 0.884. The minimum absolute atomic E-state index is 0.0295. The van der Waals surface area contributed by atoms with Crippen molar-refractivity contribution >= 4 is 0 Å². The quantitative estimate of drug-likeness (QED) is 0.374. The van der Waals surface area contributed by atoms with Crippen molar-refractivity contribution in [2.75, 3.05) is 13.2 Å². The first-order chi connectivity index (χ1) is 16.2. The first-order valence-electron chi connectivity index (χ1n) is 10.4. The molecule has 0 saturated carbocycles. The zero-order valence-corrected chi connectivity index (χ0v) is 18.3. The number of aromatic nitrogens is 5. The Morgan fingerprint density at radius 1 is 1.29 bits per heavy atom. The fourth-order valence-electron chi connectivity index (χ4n) is 3.21. The van der Waals surface area contributed by atoms with E-state index in [1.54, 1.807) is 19.1 Å². The average Bonchev–Trinajstić information content (AvgIpc) is 3.25. The highest BCUT2D eigenvalue weighted by Gasteiger charge is 2.29. The minimum atomic E-state index is -2.62. The van der Waals surface area contributed by atoms with Crippen LogP contribution in [-0.2, 0) is 30.0 Å². The van der Waals surface area contributed by atoms with Gasteiger partial charge in [-0.25, -0.2) is 18.3 Å². The van der Waals surface area contributed by atoms with Crippen LogP contribution in [0.3, 0.4) is 0 Å². The van der Waals surface area contributed by atoms with Crippen molar-refractivity contribution in [3.8, 4) is 5.75 Å². The Labute approximate surface area is 191 Å². The topological polar surface area (TPSA) is 124 Å². The van der Waals surface area contributed by atoms with E-state index >= 15 is 0 Å². The number of aliphatic hydroxyl groups is 1. The monoisotopic (exact) mass is 483 g/mol. The molecule has 0 aliphatic carbocycles. The lowest BCUT2D eigenvalue weighted by molar-refractivity contribution is 0.00872. The van der Waals surface area contributed by atoms with Crippen molar-refractivity contribution in [3.63, 3.8) is 0 Å². The third-order valence-electron chi connectivity index (χ3n) is 5.14. The highest BCUT2D eigenvalue weighted by Crippen LogP contribution is 2.30. The maximum absolute atomic E-state index is 13.3. The molecule has 2 heterocycles. The number of alkyl halides is 2. The van der Waals surface area contributed by atoms with Gasteiger partial charge in [0, 0.05) is 6.42 Å². The predicted octanol–water partition coefficient (Wildman–Crippen LogP) is 1.43. The van der Waals surface area contributed by atoms with Crippen LogP contribution in [0.15, 0.2) is 46.2 Å². The van der Waals surface area contributed by atoms with Gasteiger partial charge in [0.25, 0.3) is 12.0 Å². The Hall–Kier alpha value is -3.45. The number of hydrogen-bond acceptors (Lipinski definition) is 7. The van der Waals surface area contributed by atoms with Crippen molar-refractivity contribution in [1.29, 1.82) is 0 Å². The summed E-state index contributed by atoms with van der Waals surface area (Å²) in [5.74, 6) is -0.890. The molecule has 0 aliphatic rings. The molecule has 0 aliphatic heterocycles. The minimum Gasteiger partial charge on any atom is -0.488 e. The van der Waals surface area contributed by atoms with Crippen LogP contribution in [0.2, 0.25) is 0 Å². The zero-order valence-electron chi connectivity index (χ0n) is 18.3. The second kappa shape index (κ2) is 11.1. The number of halogens is 3. The van der Waals surface area contributed by atoms with Gasteiger partial charge in [-0.05, 0) is 24.1 Å². The number of nitrogens with zero attached hydrogens (tertiary/aromatic N) is 4. The lowest BCUT2D eigenvalue weighted by Gasteiger charge is -2.28. The summed E-state index contributed by atoms with van der Waals surface area (Å²) in [4.78, 5) is 24.6. The van der Waals surface area contributed by atoms with Crippen molar-refractivity contribution in [3.05, 3.63) is 74.6 Å². The summed E-state index contributed by atoms with van der Waals surface area (Å²) in [6, 6.07) is 6.31. The molecule has 2 aromatic heterocycles. The second-order valence-corrected chi connectivity index (χ2v) is 7.49. The van der Waals surface area contributed by atoms with E-state index in [1.807, 2.05) is 4.98 Å². The largest absolute Gasteiger partial charge is 0.488 e. The Bertz CT molecular complexity index is 1210. The molecule has 3 aromatic rings. The predicted molar refractivity (Wildman–Crippen MR) is 113 cm³/mol. The fourth-order valence-corrected chi connectivity index (χ4v) is 3.21. The van der Waals surface area contributed by atoms with E-state index in [-0.39, 0.29) is 25.6 Å². The number of aromatic amines is 1. The van der Waals surface area contributed by atoms with E-state index in [1.165, 1.54) is 23.0 Å². The number of rotatable bonds is 12. The molecule has 184 valence electrons. The van der Waals surface area contributed by atoms with Gasteiger partial charge < -0.3 is 14.6 Å². The first kappa shape index (κ1) is 25.2. The SMILES string of the molecule is CC[C@@](O)(Cn1nncc1CCOCn1cc(F)c(=O)[nH]c1=O)c1cccc(OCC(F)F)c1. The summed E-state index contributed by atoms with van der Waals surface area (Å²) in [5.41, 5.74) is -2.19. The third kappa shape index (κ3) is 6.32. The standard InChI is InChI=1S/C21H24F3N5O5/c1-2-21(32,14-4-3-5-16(8-14)34-11-18(23)24)12-29-15(9-25-27-29)6-7-33-13-28-10-17(22)19(30)26-20(28)31/h3-5,8-10,18,32H,2,6-7,11-13H2,1H3,(H,26,30,31)/t21-/m1/s1. The molecule has 0 radical (unpaired) electrons. The van der Waals surface area contributed by atoms with Crippen LogP contribution in [-0.4, -0.2) is 49.3 Å². The van der Waals surface area contributed by atoms with Gasteiger partial charge in [-0.2, -0.15) is 4.39 Å². The Morgan fingerprint density at radius 2 is 2.09 bits per heavy atom. The maximum atomic E-state index is 13.3. The molecular weight excluding hydrogens is 459 g/mol. The van der Waals surface area contributed by atoms with Crippen LogP contribution < -0.4 is 16.0 Å². The fraction of sp³-hybridized carbons (Fsp3) is 0.429. The van der Waals surface area contributed by atoms with E-state index < -0.39 is 35.7 Å². The van der Waals surface area contributed by atoms with Gasteiger partial charge in [-0.15, -0.1) is 5.10 Å². The zero-order chi connectivity index (χ0) is 24.7. The molecule has 0 saturated heterocycles. The molecule has 0 amide bonds. The molecule has 2 N–H and O–H groups in total. The molecule has 13 heteroatoms. The van der Waals surface area contributed by atoms with Gasteiger partial charge in [0.05, 0.1) is 31.2 Å². The summed E-state index contributed by atoms with van der Waals surface area (Å²) in [5, 5.41) is 19.1. The Kier molecular flexibility index (Phi) is 8.23. The summed E-state index contributed by atoms with van der Waals surface area (Å²) >= 11 is 0. The third-order valence-corrected chi connectivity index (χ3v) is 5.14. The van der Waals surface area contributed by atoms with Gasteiger partial charge >= 0.3 is 5.69 Å². The highest BCUT2D eigenvalue weighted by atomic mass is 19.3. The lowest BCUT2D eigenvalue weighted by atomic mass is 9.91. The van der Waals surface area contributed by atoms with Gasteiger partial charge in [0.2, 0.25) is 5.82 Å². The summed E-state index contributed by atoms with van der Waals surface area (Å²) < 4.78 is 51.0. The van der Waals surface area contributed by atoms with Crippen molar-refractivity contribution in [1.82, 2.24) is 24.5 Å². The smallest absolute Gasteiger partial charge is 0.330 e. The molecule has 0 bridgehead atoms. The van der Waals surface area contributed by atoms with E-state index in [4.69, 9.17) is 9.47 Å². The second-order valence-electron chi connectivity index (χ2n) is 7.49. The molecule has 34 heavy (non-hydrogen) atoms. The Morgan fingerprint density at radius 3 is 2.82 bits per heavy atom. The number of benzene rings is 1. The Balaban J connectivity index is 1.64. The normalized spacial score (nSPS) is 13.2. The van der Waals surface area contributed by atoms with Gasteiger partial charge in [-0.1, -0.05) is 24.3 Å². The molecule has 1 atom stereocenters. The molecule has 3 rings (SSSR count). The highest BCUT2D eigenvalue weighted by molar-refractivity contribution is 5.32. The number of H-pyrrole nitrogens is 1. The van der Waals surface area contributed by atoms with Crippen molar-refractivity contribution in [2.45, 2.75) is 45.1 Å². The van der Waals surface area contributed by atoms with E-state index in [0.717, 1.165) is 10.8 Å². The van der Waals surface area contributed by atoms with Crippen molar-refractivity contribution in [2.24, 2.45) is 0 Å². The van der Waals surface area contributed by atoms with Crippen LogP contribution in [0.25, 0.3) is 0 Å². The van der Waals surface area contributed by atoms with Crippen LogP contribution in [0.1, 0.15) is 24.6 Å². The lowest BCUT2D eigenvalue weighted by Crippen LogP contribution is -2.32. The molecule has 0 spiro atoms. The van der Waals surface area contributed by atoms with Crippen LogP contribution in [0.4, 0.5) is 13.2 Å². The van der Waals surface area contributed by atoms with Gasteiger partial charge in [-0.3, -0.25) is 14.3 Å². The van der Waals surface area contributed by atoms with E-state index in [2.05, 4.69) is 10.3 Å². The number of ether oxygens (including phenoxy) is 2. The summed E-state index contributed by atoms with van der Waals surface area (Å²) in [7, 11) is 0. The molecule has 0 fully saturated rings. The van der Waals surface area contributed by atoms with Crippen LogP contribution in [0, 0.1) is 5.82 Å². The molecule has 0 unspecified atom stereocenters. The molecular formula is C21H24F3N5O5.